The van der Waals surface area contributed by atoms with E-state index < -0.39 is 58.9 Å². The van der Waals surface area contributed by atoms with Gasteiger partial charge in [0, 0.05) is 41.8 Å². The number of piperidine rings is 1. The molecule has 5 fully saturated rings. The van der Waals surface area contributed by atoms with Crippen molar-refractivity contribution in [3.05, 3.63) is 41.3 Å². The predicted octanol–water partition coefficient (Wildman–Crippen LogP) is 7.13. The highest BCUT2D eigenvalue weighted by Crippen LogP contribution is 2.52. The summed E-state index contributed by atoms with van der Waals surface area (Å²) < 4.78 is 18.8. The first-order valence-corrected chi connectivity index (χ1v) is 23.6. The number of aliphatic carboxylic acids is 1. The third kappa shape index (κ3) is 9.87. The van der Waals surface area contributed by atoms with Crippen molar-refractivity contribution in [2.45, 2.75) is 122 Å². The van der Waals surface area contributed by atoms with Crippen LogP contribution in [0.1, 0.15) is 86.0 Å². The van der Waals surface area contributed by atoms with E-state index in [-0.39, 0.29) is 31.5 Å². The summed E-state index contributed by atoms with van der Waals surface area (Å²) in [6.07, 6.45) is 6.51. The molecule has 5 aliphatic rings. The lowest BCUT2D eigenvalue weighted by Gasteiger charge is -2.35. The number of carboxylic acids is 1. The first-order valence-electron chi connectivity index (χ1n) is 22.4. The molecule has 2 aliphatic heterocycles. The van der Waals surface area contributed by atoms with Crippen LogP contribution in [0.2, 0.25) is 5.02 Å². The van der Waals surface area contributed by atoms with Crippen LogP contribution in [-0.4, -0.2) is 117 Å². The lowest BCUT2D eigenvalue weighted by molar-refractivity contribution is -0.146. The van der Waals surface area contributed by atoms with Crippen LogP contribution in [0.5, 0.6) is 11.5 Å². The Morgan fingerprint density at radius 3 is 2.44 bits per heavy atom. The number of likely N-dealkylation sites (tertiary alicyclic amines) is 2. The average molecular weight is 907 g/mol. The summed E-state index contributed by atoms with van der Waals surface area (Å²) in [7, 11) is 0. The minimum absolute atomic E-state index is 0.0297. The predicted molar refractivity (Wildman–Crippen MR) is 241 cm³/mol. The molecule has 15 nitrogen and oxygen atoms in total. The van der Waals surface area contributed by atoms with E-state index in [2.05, 4.69) is 27.4 Å². The van der Waals surface area contributed by atoms with Gasteiger partial charge < -0.3 is 40.2 Å². The van der Waals surface area contributed by atoms with Gasteiger partial charge in [0.15, 0.2) is 5.13 Å². The number of amides is 3. The van der Waals surface area contributed by atoms with Crippen molar-refractivity contribution in [1.82, 2.24) is 30.4 Å². The Hall–Kier alpha value is -4.67. The number of benzene rings is 1. The Kier molecular flexibility index (Phi) is 12.9. The van der Waals surface area contributed by atoms with Gasteiger partial charge in [-0.1, -0.05) is 44.9 Å². The average Bonchev–Trinajstić information content (AvgIpc) is 3.91. The standard InChI is InChI=1S/C46H60ClN7O8S/c1-7-28-22-46(28,42(57)58)52-40(55)34-20-30(23-54(34)41(56)39(45(4,5)6)51-44(59)62-29-18-26-17-27(26)19-29)61-36-21-32(33-24-63-43(50-33)48-25(2)3)49-38-31(36)11-12-35(37(38)47)60-16-15-53-13-9-8-10-14-53/h7,11-12,21,24-30,34,39H,1,8-10,13-20,22-23H2,2-6H3,(H,48,50)(H,51,59)(H,52,55)(H,57,58)/t26-,27+,28-,29?,30-,34+,39-,46?/m1/s1. The molecule has 2 unspecified atom stereocenters. The summed E-state index contributed by atoms with van der Waals surface area (Å²) in [6.45, 7) is 16.6. The van der Waals surface area contributed by atoms with E-state index in [9.17, 15) is 24.3 Å². The lowest BCUT2D eigenvalue weighted by Crippen LogP contribution is -2.59. The summed E-state index contributed by atoms with van der Waals surface area (Å²) in [6, 6.07) is 3.38. The van der Waals surface area contributed by atoms with Gasteiger partial charge in [-0.25, -0.2) is 19.6 Å². The molecule has 3 aromatic rings. The molecule has 17 heteroatoms. The van der Waals surface area contributed by atoms with Gasteiger partial charge >= 0.3 is 12.1 Å². The van der Waals surface area contributed by atoms with Crippen molar-refractivity contribution in [3.63, 3.8) is 0 Å². The third-order valence-electron chi connectivity index (χ3n) is 13.2. The smallest absolute Gasteiger partial charge is 0.408 e. The topological polar surface area (TPSA) is 185 Å². The molecule has 4 N–H and O–H groups in total. The van der Waals surface area contributed by atoms with Crippen molar-refractivity contribution < 1.29 is 38.5 Å². The Labute approximate surface area is 377 Å². The number of carbonyl (C=O) groups excluding carboxylic acids is 3. The molecule has 1 aromatic carbocycles. The Bertz CT molecular complexity index is 2230. The Balaban J connectivity index is 1.09. The van der Waals surface area contributed by atoms with Gasteiger partial charge in [0.2, 0.25) is 11.8 Å². The maximum atomic E-state index is 14.8. The van der Waals surface area contributed by atoms with E-state index >= 15 is 0 Å². The highest BCUT2D eigenvalue weighted by atomic mass is 35.5. The summed E-state index contributed by atoms with van der Waals surface area (Å²) in [5.41, 5.74) is -0.784. The van der Waals surface area contributed by atoms with Crippen LogP contribution in [0.4, 0.5) is 9.93 Å². The fraction of sp³-hybridized carbons (Fsp3) is 0.609. The van der Waals surface area contributed by atoms with Gasteiger partial charge in [0.25, 0.3) is 0 Å². The second-order valence-electron chi connectivity index (χ2n) is 19.4. The number of anilines is 1. The number of ether oxygens (including phenoxy) is 3. The van der Waals surface area contributed by atoms with E-state index in [1.54, 1.807) is 12.1 Å². The first kappa shape index (κ1) is 44.9. The van der Waals surface area contributed by atoms with Gasteiger partial charge in [-0.15, -0.1) is 17.9 Å². The zero-order chi connectivity index (χ0) is 44.8. The molecular formula is C46H60ClN7O8S. The highest BCUT2D eigenvalue weighted by molar-refractivity contribution is 7.14. The molecular weight excluding hydrogens is 846 g/mol. The number of rotatable bonds is 16. The monoisotopic (exact) mass is 905 g/mol. The van der Waals surface area contributed by atoms with Gasteiger partial charge in [-0.05, 0) is 94.8 Å². The quantitative estimate of drug-likeness (QED) is 0.107. The maximum Gasteiger partial charge on any atom is 0.408 e. The summed E-state index contributed by atoms with van der Waals surface area (Å²) in [4.78, 5) is 68.5. The molecule has 4 heterocycles. The van der Waals surface area contributed by atoms with E-state index in [1.807, 2.05) is 46.1 Å². The normalized spacial score (nSPS) is 27.1. The number of alkyl carbamates (subject to hydrolysis) is 1. The molecule has 2 saturated heterocycles. The fourth-order valence-electron chi connectivity index (χ4n) is 9.47. The van der Waals surface area contributed by atoms with E-state index in [0.29, 0.717) is 57.3 Å². The zero-order valence-electron chi connectivity index (χ0n) is 36.8. The molecule has 0 spiro atoms. The van der Waals surface area contributed by atoms with E-state index in [0.717, 1.165) is 37.6 Å². The summed E-state index contributed by atoms with van der Waals surface area (Å²) >= 11 is 8.57. The maximum absolute atomic E-state index is 14.8. The number of aromatic nitrogens is 2. The van der Waals surface area contributed by atoms with Crippen molar-refractivity contribution in [2.24, 2.45) is 23.2 Å². The molecule has 0 bridgehead atoms. The van der Waals surface area contributed by atoms with Crippen LogP contribution in [0.3, 0.4) is 0 Å². The second-order valence-corrected chi connectivity index (χ2v) is 20.6. The van der Waals surface area contributed by atoms with Crippen molar-refractivity contribution in [3.8, 4) is 22.9 Å². The summed E-state index contributed by atoms with van der Waals surface area (Å²) in [5, 5.41) is 22.7. The first-order chi connectivity index (χ1) is 30.0. The second kappa shape index (κ2) is 18.1. The molecule has 3 aliphatic carbocycles. The molecule has 0 radical (unpaired) electrons. The fourth-order valence-corrected chi connectivity index (χ4v) is 10.6. The number of hydrogen-bond acceptors (Lipinski definition) is 12. The minimum atomic E-state index is -1.53. The van der Waals surface area contributed by atoms with Crippen molar-refractivity contribution >= 4 is 62.8 Å². The molecule has 8 atom stereocenters. The largest absolute Gasteiger partial charge is 0.491 e. The molecule has 3 saturated carbocycles. The number of carboxylic acid groups (broad SMARTS) is 1. The van der Waals surface area contributed by atoms with Crippen LogP contribution < -0.4 is 25.4 Å². The molecule has 63 heavy (non-hydrogen) atoms. The Morgan fingerprint density at radius 1 is 1.03 bits per heavy atom. The van der Waals surface area contributed by atoms with Crippen LogP contribution in [0.15, 0.2) is 36.2 Å². The van der Waals surface area contributed by atoms with E-state index in [1.165, 1.54) is 48.0 Å². The molecule has 340 valence electrons. The lowest BCUT2D eigenvalue weighted by atomic mass is 9.85. The molecule has 8 rings (SSSR count). The minimum Gasteiger partial charge on any atom is -0.491 e. The van der Waals surface area contributed by atoms with Gasteiger partial charge in [-0.3, -0.25) is 14.5 Å². The van der Waals surface area contributed by atoms with Crippen LogP contribution in [-0.2, 0) is 19.1 Å². The van der Waals surface area contributed by atoms with Gasteiger partial charge in [0.1, 0.15) is 58.7 Å². The van der Waals surface area contributed by atoms with Crippen molar-refractivity contribution in [2.75, 3.05) is 38.1 Å². The number of carbonyl (C=O) groups is 4. The third-order valence-corrected chi connectivity index (χ3v) is 14.3. The SMILES string of the molecule is C=C[C@@H]1CC1(NC(=O)[C@@H]1C[C@@H](Oc2cc(-c3csc(NC(C)C)n3)nc3c(Cl)c(OCCN4CCCCC4)ccc23)CN1C(=O)[C@@H](NC(=O)OC1C[C@@H]2C[C@@H]2C1)C(C)(C)C)C(=O)O. The van der Waals surface area contributed by atoms with Crippen molar-refractivity contribution in [1.29, 1.82) is 0 Å². The number of thiazole rings is 1. The number of nitrogens with one attached hydrogen (secondary N) is 3. The molecule has 2 aromatic heterocycles. The number of fused-ring (bicyclic) bond motifs is 2. The van der Waals surface area contributed by atoms with Gasteiger partial charge in [-0.2, -0.15) is 0 Å². The molecule has 3 amide bonds. The number of pyridine rings is 1. The van der Waals surface area contributed by atoms with E-state index in [4.69, 9.17) is 35.8 Å². The zero-order valence-corrected chi connectivity index (χ0v) is 38.4. The summed E-state index contributed by atoms with van der Waals surface area (Å²) in [5.74, 6) is -0.708. The van der Waals surface area contributed by atoms with Crippen LogP contribution in [0.25, 0.3) is 22.3 Å². The number of halogens is 1. The number of nitrogens with zero attached hydrogens (tertiary/aromatic N) is 4. The Morgan fingerprint density at radius 2 is 1.78 bits per heavy atom. The van der Waals surface area contributed by atoms with Crippen LogP contribution >= 0.6 is 22.9 Å². The number of hydrogen-bond donors (Lipinski definition) is 4. The van der Waals surface area contributed by atoms with Gasteiger partial charge in [0.05, 0.1) is 17.8 Å². The van der Waals surface area contributed by atoms with Crippen LogP contribution in [0, 0.1) is 23.2 Å². The highest BCUT2D eigenvalue weighted by Gasteiger charge is 2.61.